The van der Waals surface area contributed by atoms with Gasteiger partial charge in [-0.1, -0.05) is 12.1 Å². The van der Waals surface area contributed by atoms with Crippen LogP contribution in [0.15, 0.2) is 53.4 Å². The molecular weight excluding hydrogens is 287 g/mol. The van der Waals surface area contributed by atoms with Crippen LogP contribution in [0.5, 0.6) is 0 Å². The molecule has 0 heterocycles. The van der Waals surface area contributed by atoms with Crippen molar-refractivity contribution in [2.24, 2.45) is 0 Å². The van der Waals surface area contributed by atoms with Gasteiger partial charge in [0.25, 0.3) is 0 Å². The van der Waals surface area contributed by atoms with E-state index < -0.39 is 6.04 Å². The fourth-order valence-electron chi connectivity index (χ4n) is 1.85. The zero-order chi connectivity index (χ0) is 15.2. The van der Waals surface area contributed by atoms with E-state index in [0.717, 1.165) is 10.6 Å². The van der Waals surface area contributed by atoms with Crippen molar-refractivity contribution in [3.05, 3.63) is 54.3 Å². The number of nitrogens with one attached hydrogen (secondary N) is 2. The standard InChI is InChI=1S/C16H17FN2OS/c1-11(18-13-9-7-12(17)8-10-13)16(20)19-14-5-3-4-6-15(14)21-2/h3-11,18H,1-2H3,(H,19,20)/t11-/m0/s1. The zero-order valence-corrected chi connectivity index (χ0v) is 12.7. The summed E-state index contributed by atoms with van der Waals surface area (Å²) in [5.74, 6) is -0.438. The van der Waals surface area contributed by atoms with Gasteiger partial charge in [0.1, 0.15) is 11.9 Å². The molecule has 21 heavy (non-hydrogen) atoms. The van der Waals surface area contributed by atoms with Crippen molar-refractivity contribution in [1.29, 1.82) is 0 Å². The number of para-hydroxylation sites is 1. The smallest absolute Gasteiger partial charge is 0.246 e. The summed E-state index contributed by atoms with van der Waals surface area (Å²) in [6.45, 7) is 1.76. The van der Waals surface area contributed by atoms with Crippen LogP contribution >= 0.6 is 11.8 Å². The van der Waals surface area contributed by atoms with E-state index in [0.29, 0.717) is 5.69 Å². The van der Waals surface area contributed by atoms with Crippen molar-refractivity contribution >= 4 is 29.0 Å². The third-order valence-electron chi connectivity index (χ3n) is 2.99. The van der Waals surface area contributed by atoms with E-state index in [1.54, 1.807) is 30.8 Å². The first kappa shape index (κ1) is 15.4. The Morgan fingerprint density at radius 3 is 2.48 bits per heavy atom. The summed E-state index contributed by atoms with van der Waals surface area (Å²) in [5, 5.41) is 5.94. The van der Waals surface area contributed by atoms with E-state index in [1.807, 2.05) is 30.5 Å². The van der Waals surface area contributed by atoms with Crippen LogP contribution in [0.1, 0.15) is 6.92 Å². The zero-order valence-electron chi connectivity index (χ0n) is 11.9. The Kier molecular flexibility index (Phi) is 5.22. The number of anilines is 2. The highest BCUT2D eigenvalue weighted by molar-refractivity contribution is 7.98. The Morgan fingerprint density at radius 2 is 1.81 bits per heavy atom. The number of hydrogen-bond donors (Lipinski definition) is 2. The predicted octanol–water partition coefficient (Wildman–Crippen LogP) is 3.99. The van der Waals surface area contributed by atoms with Crippen molar-refractivity contribution in [3.8, 4) is 0 Å². The lowest BCUT2D eigenvalue weighted by Crippen LogP contribution is -2.32. The van der Waals surface area contributed by atoms with Crippen LogP contribution in [0.2, 0.25) is 0 Å². The third kappa shape index (κ3) is 4.23. The highest BCUT2D eigenvalue weighted by atomic mass is 32.2. The Hall–Kier alpha value is -2.01. The molecule has 0 bridgehead atoms. The second kappa shape index (κ2) is 7.13. The van der Waals surface area contributed by atoms with Crippen molar-refractivity contribution < 1.29 is 9.18 Å². The summed E-state index contributed by atoms with van der Waals surface area (Å²) in [6.07, 6.45) is 1.96. The number of hydrogen-bond acceptors (Lipinski definition) is 3. The summed E-state index contributed by atoms with van der Waals surface area (Å²) in [4.78, 5) is 13.2. The summed E-state index contributed by atoms with van der Waals surface area (Å²) >= 11 is 1.58. The van der Waals surface area contributed by atoms with Gasteiger partial charge in [0.2, 0.25) is 5.91 Å². The van der Waals surface area contributed by atoms with Gasteiger partial charge in [0.05, 0.1) is 5.69 Å². The molecule has 0 aliphatic rings. The lowest BCUT2D eigenvalue weighted by molar-refractivity contribution is -0.116. The molecular formula is C16H17FN2OS. The minimum absolute atomic E-state index is 0.138. The maximum atomic E-state index is 12.8. The molecule has 2 aromatic rings. The van der Waals surface area contributed by atoms with Crippen LogP contribution < -0.4 is 10.6 Å². The van der Waals surface area contributed by atoms with Crippen molar-refractivity contribution in [1.82, 2.24) is 0 Å². The van der Waals surface area contributed by atoms with Crippen molar-refractivity contribution in [3.63, 3.8) is 0 Å². The fourth-order valence-corrected chi connectivity index (χ4v) is 2.40. The van der Waals surface area contributed by atoms with Gasteiger partial charge >= 0.3 is 0 Å². The molecule has 0 aliphatic heterocycles. The van der Waals surface area contributed by atoms with E-state index in [1.165, 1.54) is 12.1 Å². The van der Waals surface area contributed by atoms with Gasteiger partial charge in [-0.2, -0.15) is 0 Å². The Bertz CT molecular complexity index is 616. The maximum Gasteiger partial charge on any atom is 0.246 e. The molecule has 0 saturated heterocycles. The lowest BCUT2D eigenvalue weighted by Gasteiger charge is -2.16. The largest absolute Gasteiger partial charge is 0.374 e. The molecule has 1 amide bonds. The summed E-state index contributed by atoms with van der Waals surface area (Å²) in [7, 11) is 0. The van der Waals surface area contributed by atoms with Gasteiger partial charge in [0, 0.05) is 10.6 Å². The molecule has 0 spiro atoms. The van der Waals surface area contributed by atoms with Gasteiger partial charge in [-0.25, -0.2) is 4.39 Å². The van der Waals surface area contributed by atoms with Gasteiger partial charge in [-0.05, 0) is 49.6 Å². The lowest BCUT2D eigenvalue weighted by atomic mass is 10.2. The number of benzene rings is 2. The molecule has 1 atom stereocenters. The van der Waals surface area contributed by atoms with Crippen LogP contribution in [0.25, 0.3) is 0 Å². The number of carbonyl (C=O) groups excluding carboxylic acids is 1. The number of amides is 1. The Balaban J connectivity index is 2.01. The van der Waals surface area contributed by atoms with E-state index in [-0.39, 0.29) is 11.7 Å². The third-order valence-corrected chi connectivity index (χ3v) is 3.78. The second-order valence-electron chi connectivity index (χ2n) is 4.56. The summed E-state index contributed by atoms with van der Waals surface area (Å²) in [6, 6.07) is 13.1. The first-order chi connectivity index (χ1) is 10.1. The van der Waals surface area contributed by atoms with Crippen LogP contribution in [0, 0.1) is 5.82 Å². The van der Waals surface area contributed by atoms with Gasteiger partial charge in [-0.15, -0.1) is 11.8 Å². The minimum Gasteiger partial charge on any atom is -0.374 e. The Morgan fingerprint density at radius 1 is 1.14 bits per heavy atom. The molecule has 0 fully saturated rings. The molecule has 110 valence electrons. The quantitative estimate of drug-likeness (QED) is 0.821. The molecule has 2 N–H and O–H groups in total. The van der Waals surface area contributed by atoms with Gasteiger partial charge in [-0.3, -0.25) is 4.79 Å². The average Bonchev–Trinajstić information content (AvgIpc) is 2.50. The van der Waals surface area contributed by atoms with Gasteiger partial charge in [0.15, 0.2) is 0 Å². The number of rotatable bonds is 5. The minimum atomic E-state index is -0.426. The molecule has 3 nitrogen and oxygen atoms in total. The summed E-state index contributed by atoms with van der Waals surface area (Å²) in [5.41, 5.74) is 1.50. The van der Waals surface area contributed by atoms with Crippen LogP contribution in [-0.2, 0) is 4.79 Å². The van der Waals surface area contributed by atoms with Crippen molar-refractivity contribution in [2.75, 3.05) is 16.9 Å². The number of thioether (sulfide) groups is 1. The predicted molar refractivity (Wildman–Crippen MR) is 86.3 cm³/mol. The van der Waals surface area contributed by atoms with Crippen LogP contribution in [0.4, 0.5) is 15.8 Å². The van der Waals surface area contributed by atoms with Crippen LogP contribution in [0.3, 0.4) is 0 Å². The molecule has 0 radical (unpaired) electrons. The molecule has 0 unspecified atom stereocenters. The molecule has 0 aromatic heterocycles. The molecule has 0 aliphatic carbocycles. The molecule has 5 heteroatoms. The Labute approximate surface area is 127 Å². The van der Waals surface area contributed by atoms with Crippen molar-refractivity contribution in [2.45, 2.75) is 17.9 Å². The van der Waals surface area contributed by atoms with Gasteiger partial charge < -0.3 is 10.6 Å². The molecule has 2 rings (SSSR count). The fraction of sp³-hybridized carbons (Fsp3) is 0.188. The molecule has 0 saturated carbocycles. The normalized spacial score (nSPS) is 11.8. The summed E-state index contributed by atoms with van der Waals surface area (Å²) < 4.78 is 12.8. The number of carbonyl (C=O) groups is 1. The monoisotopic (exact) mass is 304 g/mol. The first-order valence-electron chi connectivity index (χ1n) is 6.56. The highest BCUT2D eigenvalue weighted by Crippen LogP contribution is 2.24. The van der Waals surface area contributed by atoms with E-state index in [4.69, 9.17) is 0 Å². The average molecular weight is 304 g/mol. The number of halogens is 1. The van der Waals surface area contributed by atoms with E-state index in [9.17, 15) is 9.18 Å². The first-order valence-corrected chi connectivity index (χ1v) is 7.78. The van der Waals surface area contributed by atoms with E-state index in [2.05, 4.69) is 10.6 Å². The topological polar surface area (TPSA) is 41.1 Å². The SMILES string of the molecule is CSc1ccccc1NC(=O)[C@H](C)Nc1ccc(F)cc1. The maximum absolute atomic E-state index is 12.8. The molecule has 2 aromatic carbocycles. The highest BCUT2D eigenvalue weighted by Gasteiger charge is 2.14. The second-order valence-corrected chi connectivity index (χ2v) is 5.41. The van der Waals surface area contributed by atoms with Crippen LogP contribution in [-0.4, -0.2) is 18.2 Å². The van der Waals surface area contributed by atoms with E-state index >= 15 is 0 Å².